The van der Waals surface area contributed by atoms with E-state index in [1.807, 2.05) is 97.6 Å². The van der Waals surface area contributed by atoms with Gasteiger partial charge in [-0.1, -0.05) is 376 Å². The number of fused-ring (bicyclic) bond motifs is 18. The van der Waals surface area contributed by atoms with Crippen molar-refractivity contribution in [3.05, 3.63) is 468 Å². The maximum absolute atomic E-state index is 5.13. The Morgan fingerprint density at radius 3 is 0.643 bits per heavy atom. The van der Waals surface area contributed by atoms with Gasteiger partial charge in [-0.25, -0.2) is 24.9 Å². The Kier molecular flexibility index (Phi) is 19.9. The number of benzene rings is 20. The molecule has 0 spiro atoms. The van der Waals surface area contributed by atoms with E-state index in [0.29, 0.717) is 23.3 Å². The molecular weight excluding hydrogens is 1530 g/mol. The van der Waals surface area contributed by atoms with E-state index in [1.54, 1.807) is 0 Å². The molecule has 0 aliphatic carbocycles. The molecule has 0 radical (unpaired) electrons. The van der Waals surface area contributed by atoms with Gasteiger partial charge in [0.05, 0.1) is 11.4 Å². The highest BCUT2D eigenvalue weighted by molar-refractivity contribution is 6.28. The minimum absolute atomic E-state index is 0.654. The van der Waals surface area contributed by atoms with E-state index in [2.05, 4.69) is 380 Å². The average Bonchev–Trinajstić information content (AvgIpc) is 0.704. The van der Waals surface area contributed by atoms with Crippen LogP contribution in [-0.4, -0.2) is 34.9 Å². The quantitative estimate of drug-likeness (QED) is 0.113. The molecule has 0 atom stereocenters. The predicted octanol–water partition coefficient (Wildman–Crippen LogP) is 31.2. The lowest BCUT2D eigenvalue weighted by Gasteiger charge is -2.16. The molecule has 0 unspecified atom stereocenters. The summed E-state index contributed by atoms with van der Waals surface area (Å²) in [7, 11) is 0. The van der Waals surface area contributed by atoms with Crippen molar-refractivity contribution in [3.8, 4) is 135 Å². The summed E-state index contributed by atoms with van der Waals surface area (Å²) in [6.07, 6.45) is 7.41. The SMILES string of the molecule is c1ccc(-c2cc(-c3ccccc3)nc(-c3ccccc3-c3ccc4c5ccccc5c5ccccc5c4c3)n2)cc1.c1ccc(-c2ccc3c4ccccc4c4ccccc4c3c2)c(-c2cc(-c3ccncc3)cc(-c3ccncc3)c2)c1.c1ccc(-c2nc(-c3ccccc3)nc(-c3ccccc3-c3ccc4c5ccccc5c5ccccc5c4c3)n2)cc1. The van der Waals surface area contributed by atoms with Crippen LogP contribution in [0.2, 0.25) is 0 Å². The van der Waals surface area contributed by atoms with E-state index in [4.69, 9.17) is 24.9 Å². The molecule has 126 heavy (non-hydrogen) atoms. The first-order valence-corrected chi connectivity index (χ1v) is 42.6. The van der Waals surface area contributed by atoms with Crippen LogP contribution >= 0.6 is 0 Å². The first-order chi connectivity index (χ1) is 62.5. The van der Waals surface area contributed by atoms with Crippen LogP contribution in [0.3, 0.4) is 0 Å². The van der Waals surface area contributed by atoms with Gasteiger partial charge in [0.15, 0.2) is 23.3 Å². The summed E-state index contributed by atoms with van der Waals surface area (Å²) in [5.74, 6) is 2.69. The fourth-order valence-corrected chi connectivity index (χ4v) is 18.3. The van der Waals surface area contributed by atoms with Crippen LogP contribution in [0.1, 0.15) is 0 Å². The van der Waals surface area contributed by atoms with Crippen molar-refractivity contribution in [1.82, 2.24) is 34.9 Å². The molecule has 0 saturated carbocycles. The zero-order chi connectivity index (χ0) is 83.6. The lowest BCUT2D eigenvalue weighted by atomic mass is 9.88. The molecule has 24 aromatic rings. The predicted molar refractivity (Wildman–Crippen MR) is 527 cm³/mol. The highest BCUT2D eigenvalue weighted by Gasteiger charge is 2.22. The van der Waals surface area contributed by atoms with E-state index in [1.165, 1.54) is 119 Å². The highest BCUT2D eigenvalue weighted by atomic mass is 15.0. The third kappa shape index (κ3) is 14.4. The highest BCUT2D eigenvalue weighted by Crippen LogP contribution is 2.46. The van der Waals surface area contributed by atoms with Crippen LogP contribution in [0, 0.1) is 0 Å². The van der Waals surface area contributed by atoms with Crippen molar-refractivity contribution in [1.29, 1.82) is 0 Å². The molecule has 24 rings (SSSR count). The van der Waals surface area contributed by atoms with E-state index in [0.717, 1.165) is 89.3 Å². The summed E-state index contributed by atoms with van der Waals surface area (Å²) in [5.41, 5.74) is 21.7. The zero-order valence-corrected chi connectivity index (χ0v) is 68.6. The summed E-state index contributed by atoms with van der Waals surface area (Å²) >= 11 is 0. The number of hydrogen-bond donors (Lipinski definition) is 0. The third-order valence-electron chi connectivity index (χ3n) is 24.3. The number of rotatable bonds is 12. The van der Waals surface area contributed by atoms with E-state index in [-0.39, 0.29) is 0 Å². The molecule has 0 saturated heterocycles. The molecule has 588 valence electrons. The second-order valence-electron chi connectivity index (χ2n) is 31.7. The van der Waals surface area contributed by atoms with Crippen LogP contribution in [0.4, 0.5) is 0 Å². The maximum Gasteiger partial charge on any atom is 0.164 e. The summed E-state index contributed by atoms with van der Waals surface area (Å²) in [6, 6.07) is 157. The van der Waals surface area contributed by atoms with Gasteiger partial charge in [0.25, 0.3) is 0 Å². The maximum atomic E-state index is 5.13. The molecule has 0 bridgehead atoms. The van der Waals surface area contributed by atoms with Crippen LogP contribution in [0.25, 0.3) is 232 Å². The van der Waals surface area contributed by atoms with Crippen molar-refractivity contribution in [3.63, 3.8) is 0 Å². The molecule has 20 aromatic carbocycles. The first kappa shape index (κ1) is 75.3. The van der Waals surface area contributed by atoms with Gasteiger partial charge >= 0.3 is 0 Å². The van der Waals surface area contributed by atoms with Crippen LogP contribution < -0.4 is 0 Å². The second-order valence-corrected chi connectivity index (χ2v) is 31.7. The molecular formula is C119H77N7. The molecule has 4 aromatic heterocycles. The summed E-state index contributed by atoms with van der Waals surface area (Å²) < 4.78 is 0. The van der Waals surface area contributed by atoms with Crippen molar-refractivity contribution in [2.24, 2.45) is 0 Å². The van der Waals surface area contributed by atoms with Gasteiger partial charge in [-0.2, -0.15) is 0 Å². The lowest BCUT2D eigenvalue weighted by Crippen LogP contribution is -2.01. The van der Waals surface area contributed by atoms with Gasteiger partial charge in [-0.3, -0.25) is 9.97 Å². The third-order valence-corrected chi connectivity index (χ3v) is 24.3. The molecule has 0 aliphatic rings. The number of aromatic nitrogens is 7. The molecule has 0 N–H and O–H groups in total. The first-order valence-electron chi connectivity index (χ1n) is 42.6. The fraction of sp³-hybridized carbons (Fsp3) is 0. The Morgan fingerprint density at radius 1 is 0.111 bits per heavy atom. The monoisotopic (exact) mass is 1600 g/mol. The largest absolute Gasteiger partial charge is 0.265 e. The number of hydrogen-bond acceptors (Lipinski definition) is 7. The topological polar surface area (TPSA) is 90.2 Å². The Hall–Kier alpha value is -16.9. The van der Waals surface area contributed by atoms with Gasteiger partial charge in [0.2, 0.25) is 0 Å². The Balaban J connectivity index is 0.000000112. The zero-order valence-electron chi connectivity index (χ0n) is 68.6. The molecule has 7 nitrogen and oxygen atoms in total. The standard InChI is InChI=1S/2C40H26N2.C39H25N3/c1-3-13-27(14-4-1)38-26-39(28-15-5-2-6-16-28)42-40(41-38)36-22-12-7-17-30(36)29-23-24-35-33-20-9-8-18-31(33)32-19-10-11-21-34(32)37(35)25-29;1-2-8-34(32-24-30(27-15-19-41-20-16-27)23-31(25-32)28-17-21-42-22-18-28)33(7-1)29-13-14-39-37-11-4-3-9-35(37)36-10-5-6-12-38(36)40(39)26-29;1-3-13-26(14-4-1)37-40-38(27-15-5-2-6-16-27)42-39(41-37)35-22-12-7-17-29(35)28-23-24-34-32-20-9-8-18-30(32)31-19-10-11-21-33(31)36(34)25-28/h2*1-26H;1-25H. The summed E-state index contributed by atoms with van der Waals surface area (Å²) in [4.78, 5) is 33.7. The molecule has 0 aliphatic heterocycles. The minimum atomic E-state index is 0.654. The molecule has 0 amide bonds. The fourth-order valence-electron chi connectivity index (χ4n) is 18.3. The average molecular weight is 1600 g/mol. The molecule has 0 fully saturated rings. The second kappa shape index (κ2) is 33.3. The Bertz CT molecular complexity index is 7200. The van der Waals surface area contributed by atoms with Crippen LogP contribution in [0.15, 0.2) is 468 Å². The van der Waals surface area contributed by atoms with Crippen molar-refractivity contribution in [2.45, 2.75) is 0 Å². The smallest absolute Gasteiger partial charge is 0.164 e. The van der Waals surface area contributed by atoms with Crippen molar-refractivity contribution < 1.29 is 0 Å². The van der Waals surface area contributed by atoms with Gasteiger partial charge < -0.3 is 0 Å². The van der Waals surface area contributed by atoms with Gasteiger partial charge in [-0.15, -0.1) is 0 Å². The van der Waals surface area contributed by atoms with E-state index in [9.17, 15) is 0 Å². The molecule has 7 heteroatoms. The van der Waals surface area contributed by atoms with Crippen LogP contribution in [0.5, 0.6) is 0 Å². The Morgan fingerprint density at radius 2 is 0.333 bits per heavy atom. The van der Waals surface area contributed by atoms with Crippen molar-refractivity contribution in [2.75, 3.05) is 0 Å². The van der Waals surface area contributed by atoms with E-state index < -0.39 is 0 Å². The number of pyridine rings is 2. The van der Waals surface area contributed by atoms with Gasteiger partial charge in [0.1, 0.15) is 0 Å². The molecule has 4 heterocycles. The van der Waals surface area contributed by atoms with Gasteiger partial charge in [0, 0.05) is 58.2 Å². The van der Waals surface area contributed by atoms with Gasteiger partial charge in [-0.05, 0) is 230 Å². The Labute approximate surface area is 729 Å². The normalized spacial score (nSPS) is 11.3. The van der Waals surface area contributed by atoms with Crippen LogP contribution in [-0.2, 0) is 0 Å². The lowest BCUT2D eigenvalue weighted by molar-refractivity contribution is 1.07. The number of nitrogens with zero attached hydrogens (tertiary/aromatic N) is 7. The van der Waals surface area contributed by atoms with Crippen molar-refractivity contribution >= 4 is 97.0 Å². The summed E-state index contributed by atoms with van der Waals surface area (Å²) in [6.45, 7) is 0. The van der Waals surface area contributed by atoms with E-state index >= 15 is 0 Å². The minimum Gasteiger partial charge on any atom is -0.265 e. The summed E-state index contributed by atoms with van der Waals surface area (Å²) in [5, 5.41) is 22.9.